The smallest absolute Gasteiger partial charge is 0.321 e. The third-order valence-corrected chi connectivity index (χ3v) is 7.07. The van der Waals surface area contributed by atoms with Gasteiger partial charge in [-0.3, -0.25) is 9.59 Å². The number of benzene rings is 2. The molecule has 0 radical (unpaired) electrons. The molecule has 0 saturated carbocycles. The average Bonchev–Trinajstić information content (AvgIpc) is 2.92. The fourth-order valence-corrected chi connectivity index (χ4v) is 5.20. The van der Waals surface area contributed by atoms with Gasteiger partial charge in [0, 0.05) is 31.9 Å². The highest BCUT2D eigenvalue weighted by Crippen LogP contribution is 2.35. The zero-order chi connectivity index (χ0) is 24.2. The lowest BCUT2D eigenvalue weighted by molar-refractivity contribution is -0.139. The number of urea groups is 1. The summed E-state index contributed by atoms with van der Waals surface area (Å²) >= 11 is 0. The summed E-state index contributed by atoms with van der Waals surface area (Å²) in [5.41, 5.74) is 1.41. The molecule has 0 bridgehead atoms. The van der Waals surface area contributed by atoms with E-state index in [1.54, 1.807) is 9.80 Å². The van der Waals surface area contributed by atoms with Gasteiger partial charge in [0.1, 0.15) is 5.75 Å². The SMILES string of the molecule is O=C(Nc1ccccc1)N1CCC[C@@H](C(=O)N2C[C@@H](C(=O)N3CCCCC3)Oc3ccccc32)C1. The lowest BCUT2D eigenvalue weighted by atomic mass is 9.95. The second-order valence-corrected chi connectivity index (χ2v) is 9.49. The second-order valence-electron chi connectivity index (χ2n) is 9.49. The van der Waals surface area contributed by atoms with Crippen molar-refractivity contribution in [3.05, 3.63) is 54.6 Å². The largest absolute Gasteiger partial charge is 0.476 e. The lowest BCUT2D eigenvalue weighted by Crippen LogP contribution is -2.55. The monoisotopic (exact) mass is 476 g/mol. The minimum absolute atomic E-state index is 0.0514. The molecule has 0 aromatic heterocycles. The number of piperidine rings is 2. The number of likely N-dealkylation sites (tertiary alicyclic amines) is 2. The predicted octanol–water partition coefficient (Wildman–Crippen LogP) is 3.74. The summed E-state index contributed by atoms with van der Waals surface area (Å²) in [6.45, 7) is 2.63. The van der Waals surface area contributed by atoms with Crippen molar-refractivity contribution >= 4 is 29.2 Å². The molecule has 3 aliphatic rings. The van der Waals surface area contributed by atoms with Crippen molar-refractivity contribution in [2.24, 2.45) is 5.92 Å². The number of hydrogen-bond donors (Lipinski definition) is 1. The predicted molar refractivity (Wildman–Crippen MR) is 133 cm³/mol. The summed E-state index contributed by atoms with van der Waals surface area (Å²) in [7, 11) is 0. The lowest BCUT2D eigenvalue weighted by Gasteiger charge is -2.40. The van der Waals surface area contributed by atoms with Crippen molar-refractivity contribution < 1.29 is 19.1 Å². The molecule has 2 fully saturated rings. The van der Waals surface area contributed by atoms with Crippen LogP contribution in [-0.4, -0.2) is 66.5 Å². The number of nitrogens with one attached hydrogen (secondary N) is 1. The number of hydrogen-bond acceptors (Lipinski definition) is 4. The van der Waals surface area contributed by atoms with Crippen LogP contribution in [0.2, 0.25) is 0 Å². The zero-order valence-corrected chi connectivity index (χ0v) is 19.9. The van der Waals surface area contributed by atoms with Crippen LogP contribution in [0.4, 0.5) is 16.2 Å². The minimum atomic E-state index is -0.715. The fraction of sp³-hybridized carbons (Fsp3) is 0.444. The van der Waals surface area contributed by atoms with Crippen LogP contribution in [0.5, 0.6) is 5.75 Å². The third-order valence-electron chi connectivity index (χ3n) is 7.07. The molecular formula is C27H32N4O4. The number of carbonyl (C=O) groups is 3. The molecule has 8 heteroatoms. The molecule has 3 aliphatic heterocycles. The first-order chi connectivity index (χ1) is 17.1. The van der Waals surface area contributed by atoms with Crippen LogP contribution < -0.4 is 15.0 Å². The topological polar surface area (TPSA) is 82.2 Å². The maximum absolute atomic E-state index is 13.8. The van der Waals surface area contributed by atoms with Gasteiger partial charge in [-0.15, -0.1) is 0 Å². The first-order valence-corrected chi connectivity index (χ1v) is 12.6. The van der Waals surface area contributed by atoms with Gasteiger partial charge in [0.2, 0.25) is 5.91 Å². The molecular weight excluding hydrogens is 444 g/mol. The van der Waals surface area contributed by atoms with Crippen molar-refractivity contribution in [2.75, 3.05) is 42.9 Å². The number of anilines is 2. The second kappa shape index (κ2) is 10.4. The number of fused-ring (bicyclic) bond motifs is 1. The first kappa shape index (κ1) is 23.2. The van der Waals surface area contributed by atoms with Crippen molar-refractivity contribution in [3.63, 3.8) is 0 Å². The van der Waals surface area contributed by atoms with Gasteiger partial charge in [0.05, 0.1) is 18.2 Å². The van der Waals surface area contributed by atoms with Crippen molar-refractivity contribution in [1.29, 1.82) is 0 Å². The molecule has 1 N–H and O–H groups in total. The van der Waals surface area contributed by atoms with E-state index in [4.69, 9.17) is 4.74 Å². The van der Waals surface area contributed by atoms with Crippen molar-refractivity contribution in [2.45, 2.75) is 38.2 Å². The molecule has 35 heavy (non-hydrogen) atoms. The Morgan fingerprint density at radius 2 is 1.49 bits per heavy atom. The normalized spacial score (nSPS) is 22.1. The van der Waals surface area contributed by atoms with Gasteiger partial charge in [0.15, 0.2) is 6.10 Å². The molecule has 2 aromatic rings. The van der Waals surface area contributed by atoms with Gasteiger partial charge in [-0.2, -0.15) is 0 Å². The Kier molecular flexibility index (Phi) is 6.88. The number of carbonyl (C=O) groups excluding carboxylic acids is 3. The summed E-state index contributed by atoms with van der Waals surface area (Å²) in [5, 5.41) is 2.92. The standard InChI is InChI=1S/C27H32N4O4/c32-25(20-10-9-17-30(18-20)27(34)28-21-11-3-1-4-12-21)31-19-24(26(33)29-15-7-2-8-16-29)35-23-14-6-5-13-22(23)31/h1,3-6,11-14,20,24H,2,7-10,15-19H2,(H,28,34)/t20-,24+/m1/s1. The highest BCUT2D eigenvalue weighted by molar-refractivity contribution is 5.99. The molecule has 0 unspecified atom stereocenters. The van der Waals surface area contributed by atoms with E-state index in [2.05, 4.69) is 5.32 Å². The number of ether oxygens (including phenoxy) is 1. The quantitative estimate of drug-likeness (QED) is 0.732. The maximum Gasteiger partial charge on any atom is 0.321 e. The zero-order valence-electron chi connectivity index (χ0n) is 19.9. The Labute approximate surface area is 205 Å². The number of para-hydroxylation sites is 3. The van der Waals surface area contributed by atoms with Gasteiger partial charge in [-0.25, -0.2) is 4.79 Å². The molecule has 2 aromatic carbocycles. The van der Waals surface area contributed by atoms with Crippen LogP contribution in [0.15, 0.2) is 54.6 Å². The molecule has 2 atom stereocenters. The molecule has 2 saturated heterocycles. The van der Waals surface area contributed by atoms with E-state index in [1.807, 2.05) is 59.5 Å². The Hall–Kier alpha value is -3.55. The summed E-state index contributed by atoms with van der Waals surface area (Å²) < 4.78 is 6.08. The number of rotatable bonds is 3. The Bertz CT molecular complexity index is 1070. The fourth-order valence-electron chi connectivity index (χ4n) is 5.20. The van der Waals surface area contributed by atoms with E-state index in [-0.39, 0.29) is 30.3 Å². The van der Waals surface area contributed by atoms with Gasteiger partial charge < -0.3 is 24.8 Å². The summed E-state index contributed by atoms with van der Waals surface area (Å²) in [5.74, 6) is 0.109. The summed E-state index contributed by atoms with van der Waals surface area (Å²) in [6, 6.07) is 16.5. The average molecular weight is 477 g/mol. The maximum atomic E-state index is 13.8. The van der Waals surface area contributed by atoms with Gasteiger partial charge in [0.25, 0.3) is 5.91 Å². The minimum Gasteiger partial charge on any atom is -0.476 e. The van der Waals surface area contributed by atoms with E-state index < -0.39 is 6.10 Å². The van der Waals surface area contributed by atoms with E-state index in [9.17, 15) is 14.4 Å². The number of amides is 4. The number of nitrogens with zero attached hydrogens (tertiary/aromatic N) is 3. The highest BCUT2D eigenvalue weighted by Gasteiger charge is 2.39. The van der Waals surface area contributed by atoms with Crippen LogP contribution in [-0.2, 0) is 9.59 Å². The molecule has 0 aliphatic carbocycles. The van der Waals surface area contributed by atoms with Crippen LogP contribution in [0.1, 0.15) is 32.1 Å². The van der Waals surface area contributed by atoms with Crippen molar-refractivity contribution in [3.8, 4) is 5.75 Å². The Balaban J connectivity index is 1.30. The van der Waals surface area contributed by atoms with Crippen molar-refractivity contribution in [1.82, 2.24) is 9.80 Å². The highest BCUT2D eigenvalue weighted by atomic mass is 16.5. The first-order valence-electron chi connectivity index (χ1n) is 12.6. The molecule has 4 amide bonds. The summed E-state index contributed by atoms with van der Waals surface area (Å²) in [6.07, 6.45) is 3.88. The van der Waals surface area contributed by atoms with Gasteiger partial charge >= 0.3 is 6.03 Å². The van der Waals surface area contributed by atoms with E-state index in [0.717, 1.165) is 44.5 Å². The van der Waals surface area contributed by atoms with E-state index in [0.29, 0.717) is 30.9 Å². The Morgan fingerprint density at radius 3 is 2.29 bits per heavy atom. The molecule has 3 heterocycles. The molecule has 5 rings (SSSR count). The molecule has 8 nitrogen and oxygen atoms in total. The van der Waals surface area contributed by atoms with Crippen LogP contribution in [0.25, 0.3) is 0 Å². The van der Waals surface area contributed by atoms with E-state index in [1.165, 1.54) is 0 Å². The van der Waals surface area contributed by atoms with Crippen LogP contribution in [0, 0.1) is 5.92 Å². The van der Waals surface area contributed by atoms with E-state index >= 15 is 0 Å². The third kappa shape index (κ3) is 5.11. The molecule has 184 valence electrons. The molecule has 0 spiro atoms. The van der Waals surface area contributed by atoms with Crippen LogP contribution >= 0.6 is 0 Å². The summed E-state index contributed by atoms with van der Waals surface area (Å²) in [4.78, 5) is 45.1. The van der Waals surface area contributed by atoms with Gasteiger partial charge in [-0.1, -0.05) is 30.3 Å². The Morgan fingerprint density at radius 1 is 0.771 bits per heavy atom. The van der Waals surface area contributed by atoms with Crippen LogP contribution in [0.3, 0.4) is 0 Å². The van der Waals surface area contributed by atoms with Gasteiger partial charge in [-0.05, 0) is 56.4 Å².